The normalized spacial score (nSPS) is 23.1. The molecule has 0 aromatic heterocycles. The molecule has 2 aliphatic rings. The molecular weight excluding hydrogens is 369 g/mol. The number of hydrogen-bond acceptors (Lipinski definition) is 2. The summed E-state index contributed by atoms with van der Waals surface area (Å²) in [6.07, 6.45) is -4.60. The summed E-state index contributed by atoms with van der Waals surface area (Å²) in [4.78, 5) is 14.2. The maximum absolute atomic E-state index is 13.9. The van der Waals surface area contributed by atoms with Gasteiger partial charge < -0.3 is 5.32 Å². The van der Waals surface area contributed by atoms with Gasteiger partial charge in [0.05, 0.1) is 5.54 Å². The first-order valence-corrected chi connectivity index (χ1v) is 7.85. The molecule has 1 amide bonds. The Hall–Kier alpha value is -1.84. The smallest absolute Gasteiger partial charge is 0.319 e. The highest BCUT2D eigenvalue weighted by Crippen LogP contribution is 2.47. The number of rotatable bonds is 3. The van der Waals surface area contributed by atoms with Crippen molar-refractivity contribution in [3.63, 3.8) is 0 Å². The van der Waals surface area contributed by atoms with Crippen LogP contribution in [-0.2, 0) is 11.0 Å². The lowest BCUT2D eigenvalue weighted by molar-refractivity contribution is -0.143. The van der Waals surface area contributed by atoms with Gasteiger partial charge in [0.25, 0.3) is 0 Å². The average Bonchev–Trinajstić information content (AvgIpc) is 3.13. The van der Waals surface area contributed by atoms with Gasteiger partial charge in [0.15, 0.2) is 23.3 Å². The maximum atomic E-state index is 13.9. The highest BCUT2D eigenvalue weighted by Gasteiger charge is 2.51. The summed E-state index contributed by atoms with van der Waals surface area (Å²) in [7, 11) is 0. The number of carbonyl (C=O) groups is 1. The van der Waals surface area contributed by atoms with Gasteiger partial charge in [-0.05, 0) is 32.1 Å². The van der Waals surface area contributed by atoms with Gasteiger partial charge in [-0.1, -0.05) is 0 Å². The average molecular weight is 384 g/mol. The summed E-state index contributed by atoms with van der Waals surface area (Å²) >= 11 is 0. The number of alkyl halides is 3. The Morgan fingerprint density at radius 3 is 1.85 bits per heavy atom. The van der Waals surface area contributed by atoms with Crippen LogP contribution in [0.2, 0.25) is 0 Å². The van der Waals surface area contributed by atoms with Crippen molar-refractivity contribution in [2.24, 2.45) is 11.8 Å². The molecule has 0 radical (unpaired) electrons. The Labute approximate surface area is 144 Å². The minimum absolute atomic E-state index is 0.441. The molecule has 3 rings (SSSR count). The number of nitrogens with zero attached hydrogens (tertiary/aromatic N) is 1. The summed E-state index contributed by atoms with van der Waals surface area (Å²) < 4.78 is 92.9. The lowest BCUT2D eigenvalue weighted by atomic mass is 10.0. The molecule has 0 bridgehead atoms. The van der Waals surface area contributed by atoms with Crippen molar-refractivity contribution in [1.29, 1.82) is 0 Å². The second kappa shape index (κ2) is 5.83. The van der Waals surface area contributed by atoms with E-state index in [1.807, 2.05) is 0 Å². The number of amides is 1. The van der Waals surface area contributed by atoms with E-state index in [9.17, 15) is 35.5 Å². The molecule has 1 aromatic rings. The van der Waals surface area contributed by atoms with E-state index in [1.54, 1.807) is 10.2 Å². The molecule has 1 aliphatic carbocycles. The van der Waals surface area contributed by atoms with Crippen molar-refractivity contribution < 1.29 is 35.5 Å². The Bertz CT molecular complexity index is 736. The second-order valence-electron chi connectivity index (χ2n) is 7.18. The van der Waals surface area contributed by atoms with Crippen molar-refractivity contribution in [2.75, 3.05) is 18.4 Å². The molecule has 1 N–H and O–H groups in total. The van der Waals surface area contributed by atoms with E-state index in [0.717, 1.165) is 6.42 Å². The van der Waals surface area contributed by atoms with Crippen molar-refractivity contribution in [3.05, 3.63) is 28.8 Å². The van der Waals surface area contributed by atoms with Crippen molar-refractivity contribution in [3.8, 4) is 0 Å². The predicted molar refractivity (Wildman–Crippen MR) is 77.2 cm³/mol. The van der Waals surface area contributed by atoms with E-state index in [0.29, 0.717) is 24.9 Å². The first kappa shape index (κ1) is 18.9. The lowest BCUT2D eigenvalue weighted by Crippen LogP contribution is -2.52. The molecule has 1 saturated carbocycles. The third kappa shape index (κ3) is 2.93. The largest absolute Gasteiger partial charge is 0.422 e. The van der Waals surface area contributed by atoms with Gasteiger partial charge in [0.2, 0.25) is 5.91 Å². The molecule has 1 heterocycles. The lowest BCUT2D eigenvalue weighted by Gasteiger charge is -2.35. The first-order chi connectivity index (χ1) is 11.9. The van der Waals surface area contributed by atoms with Gasteiger partial charge in [-0.25, -0.2) is 17.6 Å². The van der Waals surface area contributed by atoms with E-state index in [2.05, 4.69) is 0 Å². The van der Waals surface area contributed by atoms with E-state index < -0.39 is 52.1 Å². The van der Waals surface area contributed by atoms with Crippen molar-refractivity contribution in [2.45, 2.75) is 32.0 Å². The minimum atomic E-state index is -5.63. The minimum Gasteiger partial charge on any atom is -0.319 e. The van der Waals surface area contributed by atoms with Crippen LogP contribution in [0, 0.1) is 35.1 Å². The quantitative estimate of drug-likeness (QED) is 0.633. The Morgan fingerprint density at radius 1 is 0.962 bits per heavy atom. The molecule has 0 spiro atoms. The summed E-state index contributed by atoms with van der Waals surface area (Å²) in [5, 5.41) is 1.71. The van der Waals surface area contributed by atoms with Crippen LogP contribution in [0.4, 0.5) is 36.4 Å². The molecule has 26 heavy (non-hydrogen) atoms. The third-order valence-corrected chi connectivity index (χ3v) is 5.11. The van der Waals surface area contributed by atoms with Gasteiger partial charge in [-0.2, -0.15) is 13.2 Å². The SMILES string of the molecule is CC(C)(C(=O)Nc1c(F)c(F)c(C(F)(F)F)c(F)c1F)N1CC2CC2C1. The fourth-order valence-electron chi connectivity index (χ4n) is 3.26. The van der Waals surface area contributed by atoms with Crippen LogP contribution >= 0.6 is 0 Å². The van der Waals surface area contributed by atoms with Crippen LogP contribution in [0.5, 0.6) is 0 Å². The second-order valence-corrected chi connectivity index (χ2v) is 7.18. The van der Waals surface area contributed by atoms with Crippen LogP contribution < -0.4 is 5.32 Å². The summed E-state index contributed by atoms with van der Waals surface area (Å²) in [6, 6.07) is 0. The summed E-state index contributed by atoms with van der Waals surface area (Å²) in [6.45, 7) is 4.09. The molecule has 1 saturated heterocycles. The number of halogens is 7. The number of anilines is 1. The zero-order chi connectivity index (χ0) is 19.6. The number of carbonyl (C=O) groups excluding carboxylic acids is 1. The Balaban J connectivity index is 1.91. The topological polar surface area (TPSA) is 32.3 Å². The molecule has 3 nitrogen and oxygen atoms in total. The van der Waals surface area contributed by atoms with Gasteiger partial charge in [0.1, 0.15) is 11.3 Å². The van der Waals surface area contributed by atoms with Gasteiger partial charge in [-0.15, -0.1) is 0 Å². The van der Waals surface area contributed by atoms with Crippen molar-refractivity contribution >= 4 is 11.6 Å². The Morgan fingerprint density at radius 2 is 1.42 bits per heavy atom. The van der Waals surface area contributed by atoms with E-state index >= 15 is 0 Å². The van der Waals surface area contributed by atoms with E-state index in [4.69, 9.17) is 0 Å². The first-order valence-electron chi connectivity index (χ1n) is 7.85. The molecule has 1 aliphatic heterocycles. The third-order valence-electron chi connectivity index (χ3n) is 5.11. The molecule has 10 heteroatoms. The molecule has 1 aromatic carbocycles. The number of likely N-dealkylation sites (tertiary alicyclic amines) is 1. The molecule has 2 unspecified atom stereocenters. The predicted octanol–water partition coefficient (Wildman–Crippen LogP) is 3.93. The highest BCUT2D eigenvalue weighted by molar-refractivity contribution is 5.97. The highest BCUT2D eigenvalue weighted by atomic mass is 19.4. The fraction of sp³-hybridized carbons (Fsp3) is 0.562. The molecule has 144 valence electrons. The monoisotopic (exact) mass is 384 g/mol. The summed E-state index contributed by atoms with van der Waals surface area (Å²) in [5.41, 5.74) is -5.51. The van der Waals surface area contributed by atoms with Gasteiger partial charge >= 0.3 is 6.18 Å². The maximum Gasteiger partial charge on any atom is 0.422 e. The number of fused-ring (bicyclic) bond motifs is 1. The van der Waals surface area contributed by atoms with Crippen LogP contribution in [0.15, 0.2) is 0 Å². The van der Waals surface area contributed by atoms with Crippen LogP contribution in [0.25, 0.3) is 0 Å². The number of piperidine rings is 1. The fourth-order valence-corrected chi connectivity index (χ4v) is 3.26. The van der Waals surface area contributed by atoms with Crippen LogP contribution in [0.1, 0.15) is 25.8 Å². The summed E-state index contributed by atoms with van der Waals surface area (Å²) in [5.74, 6) is -9.91. The number of hydrogen-bond donors (Lipinski definition) is 1. The van der Waals surface area contributed by atoms with Crippen molar-refractivity contribution in [1.82, 2.24) is 4.90 Å². The number of benzene rings is 1. The zero-order valence-corrected chi connectivity index (χ0v) is 13.8. The van der Waals surface area contributed by atoms with E-state index in [-0.39, 0.29) is 0 Å². The number of nitrogens with one attached hydrogen (secondary N) is 1. The standard InChI is InChI=1S/C16H15F7N2O/c1-15(2,25-4-6-3-7(6)5-25)14(26)24-13-11(19)9(17)8(16(21,22)23)10(18)12(13)20/h6-7H,3-5H2,1-2H3,(H,24,26). The molecule has 2 atom stereocenters. The Kier molecular flexibility index (Phi) is 4.25. The van der Waals surface area contributed by atoms with Crippen LogP contribution in [0.3, 0.4) is 0 Å². The molecular formula is C16H15F7N2O. The van der Waals surface area contributed by atoms with Gasteiger partial charge in [-0.3, -0.25) is 9.69 Å². The van der Waals surface area contributed by atoms with Crippen LogP contribution in [-0.4, -0.2) is 29.4 Å². The van der Waals surface area contributed by atoms with E-state index in [1.165, 1.54) is 13.8 Å². The zero-order valence-electron chi connectivity index (χ0n) is 13.8. The molecule has 2 fully saturated rings. The van der Waals surface area contributed by atoms with Gasteiger partial charge in [0, 0.05) is 13.1 Å².